The molecule has 0 saturated carbocycles. The number of phenolic OH excluding ortho intramolecular Hbond substituents is 1. The number of hydrogen-bond acceptors (Lipinski definition) is 4. The highest BCUT2D eigenvalue weighted by atomic mass is 16.5. The second kappa shape index (κ2) is 6.00. The number of rotatable bonds is 5. The first-order valence-corrected chi connectivity index (χ1v) is 5.96. The van der Waals surface area contributed by atoms with Crippen molar-refractivity contribution in [3.63, 3.8) is 0 Å². The van der Waals surface area contributed by atoms with Crippen LogP contribution in [0.25, 0.3) is 0 Å². The van der Waals surface area contributed by atoms with Crippen molar-refractivity contribution in [3.8, 4) is 17.2 Å². The number of anilines is 1. The lowest BCUT2D eigenvalue weighted by molar-refractivity contribution is 0.406. The number of ether oxygens (including phenoxy) is 2. The maximum Gasteiger partial charge on any atom is 0.124 e. The summed E-state index contributed by atoms with van der Waals surface area (Å²) >= 11 is 0. The lowest BCUT2D eigenvalue weighted by Gasteiger charge is -2.10. The molecule has 0 saturated heterocycles. The number of benzene rings is 2. The molecule has 4 nitrogen and oxygen atoms in total. The normalized spacial score (nSPS) is 10.0. The van der Waals surface area contributed by atoms with Gasteiger partial charge in [-0.05, 0) is 36.4 Å². The Hall–Kier alpha value is -2.36. The van der Waals surface area contributed by atoms with E-state index in [4.69, 9.17) is 9.47 Å². The molecule has 2 aromatic carbocycles. The van der Waals surface area contributed by atoms with E-state index in [0.29, 0.717) is 12.3 Å². The number of methoxy groups -OCH3 is 2. The Labute approximate surface area is 112 Å². The molecular weight excluding hydrogens is 242 g/mol. The molecule has 0 spiro atoms. The van der Waals surface area contributed by atoms with Crippen LogP contribution in [0.15, 0.2) is 42.5 Å². The van der Waals surface area contributed by atoms with Gasteiger partial charge in [-0.25, -0.2) is 0 Å². The zero-order chi connectivity index (χ0) is 13.7. The molecule has 0 unspecified atom stereocenters. The molecule has 4 heteroatoms. The third-order valence-electron chi connectivity index (χ3n) is 2.87. The zero-order valence-electron chi connectivity index (χ0n) is 11.0. The first-order chi connectivity index (χ1) is 9.22. The van der Waals surface area contributed by atoms with Crippen LogP contribution < -0.4 is 14.8 Å². The van der Waals surface area contributed by atoms with Crippen LogP contribution in [0.1, 0.15) is 5.56 Å². The van der Waals surface area contributed by atoms with Crippen LogP contribution in [0.5, 0.6) is 17.2 Å². The van der Waals surface area contributed by atoms with Crippen LogP contribution in [0.2, 0.25) is 0 Å². The zero-order valence-corrected chi connectivity index (χ0v) is 11.0. The monoisotopic (exact) mass is 259 g/mol. The van der Waals surface area contributed by atoms with Crippen molar-refractivity contribution in [2.24, 2.45) is 0 Å². The third kappa shape index (κ3) is 3.31. The number of aromatic hydroxyl groups is 1. The molecule has 0 atom stereocenters. The summed E-state index contributed by atoms with van der Waals surface area (Å²) in [5.41, 5.74) is 1.78. The van der Waals surface area contributed by atoms with Crippen LogP contribution in [0, 0.1) is 0 Å². The topological polar surface area (TPSA) is 50.7 Å². The molecule has 0 fully saturated rings. The van der Waals surface area contributed by atoms with Gasteiger partial charge in [-0.3, -0.25) is 0 Å². The molecule has 2 rings (SSSR count). The lowest BCUT2D eigenvalue weighted by Crippen LogP contribution is -1.99. The van der Waals surface area contributed by atoms with E-state index in [-0.39, 0.29) is 5.75 Å². The molecular formula is C15H17NO3. The van der Waals surface area contributed by atoms with Gasteiger partial charge in [0.2, 0.25) is 0 Å². The van der Waals surface area contributed by atoms with Crippen molar-refractivity contribution in [2.75, 3.05) is 19.5 Å². The lowest BCUT2D eigenvalue weighted by atomic mass is 10.2. The Bertz CT molecular complexity index is 538. The molecule has 2 aromatic rings. The fourth-order valence-corrected chi connectivity index (χ4v) is 1.73. The van der Waals surface area contributed by atoms with E-state index in [1.165, 1.54) is 0 Å². The molecule has 0 aliphatic rings. The van der Waals surface area contributed by atoms with Gasteiger partial charge in [-0.1, -0.05) is 0 Å². The summed E-state index contributed by atoms with van der Waals surface area (Å²) < 4.78 is 10.1. The summed E-state index contributed by atoms with van der Waals surface area (Å²) in [5.74, 6) is 1.68. The van der Waals surface area contributed by atoms with E-state index in [2.05, 4.69) is 5.32 Å². The Morgan fingerprint density at radius 1 is 0.947 bits per heavy atom. The van der Waals surface area contributed by atoms with E-state index in [9.17, 15) is 5.11 Å². The first kappa shape index (κ1) is 13.1. The summed E-state index contributed by atoms with van der Waals surface area (Å²) in [6.45, 7) is 0.544. The van der Waals surface area contributed by atoms with E-state index >= 15 is 0 Å². The molecule has 100 valence electrons. The van der Waals surface area contributed by atoms with Gasteiger partial charge in [-0.2, -0.15) is 0 Å². The molecule has 0 heterocycles. The second-order valence-electron chi connectivity index (χ2n) is 4.08. The fourth-order valence-electron chi connectivity index (χ4n) is 1.73. The number of phenols is 1. The molecule has 0 bridgehead atoms. The molecule has 0 amide bonds. The van der Waals surface area contributed by atoms with Crippen LogP contribution >= 0.6 is 0 Å². The summed E-state index contributed by atoms with van der Waals surface area (Å²) in [5, 5.41) is 13.1. The summed E-state index contributed by atoms with van der Waals surface area (Å²) in [7, 11) is 3.21. The van der Waals surface area contributed by atoms with Gasteiger partial charge in [0.1, 0.15) is 17.2 Å². The maximum absolute atomic E-state index is 9.84. The average molecular weight is 259 g/mol. The molecule has 0 aliphatic carbocycles. The smallest absolute Gasteiger partial charge is 0.124 e. The van der Waals surface area contributed by atoms with E-state index in [1.54, 1.807) is 20.3 Å². The molecule has 2 N–H and O–H groups in total. The highest BCUT2D eigenvalue weighted by Crippen LogP contribution is 2.24. The molecule has 0 aliphatic heterocycles. The van der Waals surface area contributed by atoms with Gasteiger partial charge in [-0.15, -0.1) is 0 Å². The van der Waals surface area contributed by atoms with Crippen molar-refractivity contribution in [3.05, 3.63) is 48.0 Å². The first-order valence-electron chi connectivity index (χ1n) is 5.96. The van der Waals surface area contributed by atoms with E-state index < -0.39 is 0 Å². The van der Waals surface area contributed by atoms with Gasteiger partial charge >= 0.3 is 0 Å². The number of hydrogen-bond donors (Lipinski definition) is 2. The Morgan fingerprint density at radius 3 is 2.16 bits per heavy atom. The van der Waals surface area contributed by atoms with E-state index in [1.807, 2.05) is 36.4 Å². The predicted molar refractivity (Wildman–Crippen MR) is 75.0 cm³/mol. The molecule has 0 aromatic heterocycles. The van der Waals surface area contributed by atoms with Crippen molar-refractivity contribution < 1.29 is 14.6 Å². The Kier molecular flexibility index (Phi) is 4.13. The van der Waals surface area contributed by atoms with Crippen molar-refractivity contribution in [1.82, 2.24) is 0 Å². The highest BCUT2D eigenvalue weighted by molar-refractivity contribution is 5.48. The van der Waals surface area contributed by atoms with Gasteiger partial charge < -0.3 is 19.9 Å². The average Bonchev–Trinajstić information content (AvgIpc) is 2.46. The molecule has 19 heavy (non-hydrogen) atoms. The van der Waals surface area contributed by atoms with Gasteiger partial charge in [0.25, 0.3) is 0 Å². The van der Waals surface area contributed by atoms with Crippen molar-refractivity contribution >= 4 is 5.69 Å². The minimum absolute atomic E-state index is 0.223. The molecule has 0 radical (unpaired) electrons. The quantitative estimate of drug-likeness (QED) is 0.866. The summed E-state index contributed by atoms with van der Waals surface area (Å²) in [6.07, 6.45) is 0. The maximum atomic E-state index is 9.84. The number of nitrogens with one attached hydrogen (secondary N) is 1. The van der Waals surface area contributed by atoms with E-state index in [0.717, 1.165) is 17.0 Å². The third-order valence-corrected chi connectivity index (χ3v) is 2.87. The largest absolute Gasteiger partial charge is 0.507 e. The van der Waals surface area contributed by atoms with Gasteiger partial charge in [0, 0.05) is 23.9 Å². The van der Waals surface area contributed by atoms with Crippen LogP contribution in [-0.2, 0) is 6.54 Å². The summed E-state index contributed by atoms with van der Waals surface area (Å²) in [6, 6.07) is 12.9. The van der Waals surface area contributed by atoms with Gasteiger partial charge in [0.05, 0.1) is 14.2 Å². The van der Waals surface area contributed by atoms with Gasteiger partial charge in [0.15, 0.2) is 0 Å². The fraction of sp³-hybridized carbons (Fsp3) is 0.200. The SMILES string of the molecule is COc1ccc(NCc2ccc(OC)cc2O)cc1. The van der Waals surface area contributed by atoms with Crippen LogP contribution in [-0.4, -0.2) is 19.3 Å². The minimum atomic E-state index is 0.223. The summed E-state index contributed by atoms with van der Waals surface area (Å²) in [4.78, 5) is 0. The second-order valence-corrected chi connectivity index (χ2v) is 4.08. The Balaban J connectivity index is 2.01. The highest BCUT2D eigenvalue weighted by Gasteiger charge is 2.03. The van der Waals surface area contributed by atoms with Crippen molar-refractivity contribution in [2.45, 2.75) is 6.54 Å². The predicted octanol–water partition coefficient (Wildman–Crippen LogP) is 3.02. The Morgan fingerprint density at radius 2 is 1.58 bits per heavy atom. The van der Waals surface area contributed by atoms with Crippen LogP contribution in [0.3, 0.4) is 0 Å². The van der Waals surface area contributed by atoms with Crippen LogP contribution in [0.4, 0.5) is 5.69 Å². The minimum Gasteiger partial charge on any atom is -0.507 e. The van der Waals surface area contributed by atoms with Crippen molar-refractivity contribution in [1.29, 1.82) is 0 Å². The standard InChI is InChI=1S/C15H17NO3/c1-18-13-7-4-12(5-8-13)16-10-11-3-6-14(19-2)9-15(11)17/h3-9,16-17H,10H2,1-2H3.